The maximum atomic E-state index is 12.2. The monoisotopic (exact) mass is 264 g/mol. The first-order valence-electron chi connectivity index (χ1n) is 6.12. The van der Waals surface area contributed by atoms with Gasteiger partial charge in [0.05, 0.1) is 6.33 Å². The van der Waals surface area contributed by atoms with Crippen molar-refractivity contribution in [2.24, 2.45) is 11.8 Å². The molecule has 7 nitrogen and oxygen atoms in total. The number of hydrogen-bond acceptors (Lipinski definition) is 4. The Morgan fingerprint density at radius 1 is 1.32 bits per heavy atom. The Morgan fingerprint density at radius 2 is 2.05 bits per heavy atom. The minimum atomic E-state index is -0.791. The summed E-state index contributed by atoms with van der Waals surface area (Å²) < 4.78 is 1.77. The van der Waals surface area contributed by atoms with E-state index in [2.05, 4.69) is 10.3 Å². The molecule has 1 aliphatic rings. The molecular formula is C12H16N4O3. The number of barbiturate groups is 1. The molecule has 0 spiro atoms. The average Bonchev–Trinajstić information content (AvgIpc) is 2.80. The second kappa shape index (κ2) is 5.21. The number of amides is 4. The minimum absolute atomic E-state index is 0.142. The van der Waals surface area contributed by atoms with Crippen molar-refractivity contribution in [2.45, 2.75) is 20.4 Å². The molecule has 0 bridgehead atoms. The second-order valence-electron chi connectivity index (χ2n) is 4.81. The molecule has 0 radical (unpaired) electrons. The van der Waals surface area contributed by atoms with E-state index in [-0.39, 0.29) is 12.5 Å². The number of imidazole rings is 1. The van der Waals surface area contributed by atoms with E-state index < -0.39 is 23.8 Å². The maximum Gasteiger partial charge on any atom is 0.330 e. The van der Waals surface area contributed by atoms with Gasteiger partial charge in [-0.1, -0.05) is 13.8 Å². The number of nitrogens with zero attached hydrogens (tertiary/aromatic N) is 3. The van der Waals surface area contributed by atoms with Crippen LogP contribution >= 0.6 is 0 Å². The molecule has 1 fully saturated rings. The number of aromatic nitrogens is 2. The van der Waals surface area contributed by atoms with Crippen molar-refractivity contribution >= 4 is 17.8 Å². The van der Waals surface area contributed by atoms with Crippen LogP contribution in [0.25, 0.3) is 0 Å². The number of nitrogens with one attached hydrogen (secondary N) is 1. The highest BCUT2D eigenvalue weighted by atomic mass is 16.2. The predicted molar refractivity (Wildman–Crippen MR) is 65.8 cm³/mol. The summed E-state index contributed by atoms with van der Waals surface area (Å²) in [6, 6.07) is -0.646. The largest absolute Gasteiger partial charge is 0.336 e. The van der Waals surface area contributed by atoms with Gasteiger partial charge >= 0.3 is 6.03 Å². The fourth-order valence-electron chi connectivity index (χ4n) is 2.06. The van der Waals surface area contributed by atoms with Crippen molar-refractivity contribution in [1.82, 2.24) is 19.8 Å². The Balaban J connectivity index is 2.08. The highest BCUT2D eigenvalue weighted by Crippen LogP contribution is 2.18. The van der Waals surface area contributed by atoms with Crippen LogP contribution in [0.2, 0.25) is 0 Å². The van der Waals surface area contributed by atoms with E-state index in [0.29, 0.717) is 6.54 Å². The first kappa shape index (κ1) is 13.3. The number of imide groups is 2. The lowest BCUT2D eigenvalue weighted by atomic mass is 9.92. The molecule has 1 saturated heterocycles. The standard InChI is InChI=1S/C12H16N4O3/c1-8(2)9-10(17)14-12(19)16(11(9)18)6-5-15-4-3-13-7-15/h3-4,7-9H,5-6H2,1-2H3,(H,14,17,19). The van der Waals surface area contributed by atoms with Gasteiger partial charge in [-0.15, -0.1) is 0 Å². The molecule has 2 heterocycles. The highest BCUT2D eigenvalue weighted by molar-refractivity contribution is 6.16. The van der Waals surface area contributed by atoms with Crippen LogP contribution in [0.15, 0.2) is 18.7 Å². The Hall–Kier alpha value is -2.18. The van der Waals surface area contributed by atoms with Crippen LogP contribution in [0.5, 0.6) is 0 Å². The minimum Gasteiger partial charge on any atom is -0.336 e. The van der Waals surface area contributed by atoms with E-state index in [0.717, 1.165) is 4.90 Å². The molecule has 0 aromatic carbocycles. The zero-order valence-electron chi connectivity index (χ0n) is 10.9. The van der Waals surface area contributed by atoms with Gasteiger partial charge in [0, 0.05) is 25.5 Å². The van der Waals surface area contributed by atoms with E-state index in [1.165, 1.54) is 0 Å². The molecule has 2 rings (SSSR count). The first-order valence-corrected chi connectivity index (χ1v) is 6.12. The van der Waals surface area contributed by atoms with Gasteiger partial charge in [-0.25, -0.2) is 9.78 Å². The fourth-order valence-corrected chi connectivity index (χ4v) is 2.06. The lowest BCUT2D eigenvalue weighted by Gasteiger charge is -2.31. The van der Waals surface area contributed by atoms with Gasteiger partial charge in [-0.3, -0.25) is 19.8 Å². The summed E-state index contributed by atoms with van der Waals surface area (Å²) in [7, 11) is 0. The number of urea groups is 1. The Kier molecular flexibility index (Phi) is 3.64. The molecule has 1 atom stereocenters. The molecule has 0 saturated carbocycles. The summed E-state index contributed by atoms with van der Waals surface area (Å²) in [4.78, 5) is 40.5. The summed E-state index contributed by atoms with van der Waals surface area (Å²) in [5.74, 6) is -1.87. The van der Waals surface area contributed by atoms with E-state index in [1.807, 2.05) is 0 Å². The fraction of sp³-hybridized carbons (Fsp3) is 0.500. The average molecular weight is 264 g/mol. The molecule has 1 aliphatic heterocycles. The maximum absolute atomic E-state index is 12.2. The number of carbonyl (C=O) groups is 3. The van der Waals surface area contributed by atoms with Crippen molar-refractivity contribution in [2.75, 3.05) is 6.54 Å². The highest BCUT2D eigenvalue weighted by Gasteiger charge is 2.41. The zero-order chi connectivity index (χ0) is 14.0. The zero-order valence-corrected chi connectivity index (χ0v) is 10.9. The van der Waals surface area contributed by atoms with Crippen molar-refractivity contribution in [1.29, 1.82) is 0 Å². The SMILES string of the molecule is CC(C)C1C(=O)NC(=O)N(CCn2ccnc2)C1=O. The molecule has 0 aliphatic carbocycles. The van der Waals surface area contributed by atoms with Gasteiger partial charge in [0.1, 0.15) is 5.92 Å². The van der Waals surface area contributed by atoms with Crippen LogP contribution in [0.1, 0.15) is 13.8 Å². The van der Waals surface area contributed by atoms with Gasteiger partial charge in [0.2, 0.25) is 11.8 Å². The van der Waals surface area contributed by atoms with E-state index in [1.54, 1.807) is 37.1 Å². The molecule has 1 aromatic heterocycles. The molecular weight excluding hydrogens is 248 g/mol. The van der Waals surface area contributed by atoms with Crippen LogP contribution in [-0.4, -0.2) is 38.8 Å². The Labute approximate surface area is 110 Å². The number of hydrogen-bond donors (Lipinski definition) is 1. The van der Waals surface area contributed by atoms with Crippen LogP contribution < -0.4 is 5.32 Å². The van der Waals surface area contributed by atoms with Gasteiger partial charge in [0.25, 0.3) is 0 Å². The molecule has 1 N–H and O–H groups in total. The molecule has 1 aromatic rings. The van der Waals surface area contributed by atoms with Crippen LogP contribution in [0.4, 0.5) is 4.79 Å². The van der Waals surface area contributed by atoms with Crippen molar-refractivity contribution in [3.8, 4) is 0 Å². The van der Waals surface area contributed by atoms with E-state index >= 15 is 0 Å². The van der Waals surface area contributed by atoms with Crippen LogP contribution in [-0.2, 0) is 16.1 Å². The van der Waals surface area contributed by atoms with Crippen molar-refractivity contribution < 1.29 is 14.4 Å². The summed E-state index contributed by atoms with van der Waals surface area (Å²) >= 11 is 0. The smallest absolute Gasteiger partial charge is 0.330 e. The first-order chi connectivity index (χ1) is 9.00. The van der Waals surface area contributed by atoms with Gasteiger partial charge < -0.3 is 4.57 Å². The third kappa shape index (κ3) is 2.64. The Bertz CT molecular complexity index is 495. The topological polar surface area (TPSA) is 84.3 Å². The summed E-state index contributed by atoms with van der Waals surface area (Å²) in [6.07, 6.45) is 4.98. The Morgan fingerprint density at radius 3 is 2.63 bits per heavy atom. The van der Waals surface area contributed by atoms with Crippen molar-refractivity contribution in [3.05, 3.63) is 18.7 Å². The van der Waals surface area contributed by atoms with E-state index in [4.69, 9.17) is 0 Å². The predicted octanol–water partition coefficient (Wildman–Crippen LogP) is 0.234. The molecule has 102 valence electrons. The normalized spacial score (nSPS) is 20.1. The summed E-state index contributed by atoms with van der Waals surface area (Å²) in [5.41, 5.74) is 0. The lowest BCUT2D eigenvalue weighted by molar-refractivity contribution is -0.144. The second-order valence-corrected chi connectivity index (χ2v) is 4.81. The van der Waals surface area contributed by atoms with Gasteiger partial charge in [-0.05, 0) is 5.92 Å². The third-order valence-corrected chi connectivity index (χ3v) is 3.10. The quantitative estimate of drug-likeness (QED) is 0.789. The third-order valence-electron chi connectivity index (χ3n) is 3.10. The van der Waals surface area contributed by atoms with E-state index in [9.17, 15) is 14.4 Å². The van der Waals surface area contributed by atoms with Gasteiger partial charge in [0.15, 0.2) is 0 Å². The van der Waals surface area contributed by atoms with Crippen LogP contribution in [0.3, 0.4) is 0 Å². The molecule has 7 heteroatoms. The summed E-state index contributed by atoms with van der Waals surface area (Å²) in [5, 5.41) is 2.22. The molecule has 4 amide bonds. The summed E-state index contributed by atoms with van der Waals surface area (Å²) in [6.45, 7) is 4.24. The lowest BCUT2D eigenvalue weighted by Crippen LogP contribution is -2.59. The molecule has 19 heavy (non-hydrogen) atoms. The number of rotatable bonds is 4. The molecule has 1 unspecified atom stereocenters. The number of carbonyl (C=O) groups excluding carboxylic acids is 3. The van der Waals surface area contributed by atoms with Gasteiger partial charge in [-0.2, -0.15) is 0 Å². The van der Waals surface area contributed by atoms with Crippen molar-refractivity contribution in [3.63, 3.8) is 0 Å². The van der Waals surface area contributed by atoms with Crippen LogP contribution in [0, 0.1) is 11.8 Å².